The third-order valence-corrected chi connectivity index (χ3v) is 4.52. The van der Waals surface area contributed by atoms with E-state index in [2.05, 4.69) is 5.10 Å². The smallest absolute Gasteiger partial charge is 0.410 e. The molecule has 3 rings (SSSR count). The van der Waals surface area contributed by atoms with Gasteiger partial charge in [0, 0.05) is 13.0 Å². The predicted octanol–water partition coefficient (Wildman–Crippen LogP) is 3.49. The fourth-order valence-electron chi connectivity index (χ4n) is 3.02. The van der Waals surface area contributed by atoms with Crippen molar-refractivity contribution in [2.45, 2.75) is 52.0 Å². The lowest BCUT2D eigenvalue weighted by Crippen LogP contribution is -2.50. The maximum Gasteiger partial charge on any atom is 0.410 e. The largest absolute Gasteiger partial charge is 0.470 e. The monoisotopic (exact) mass is 390 g/mol. The maximum atomic E-state index is 14.7. The standard InChI is InChI=1S/C20H27FN4O3/c1-13-17(22)25(14-8-6-5-7-9-14)23-18(13)27-16-10-11-24(12-15(16)21)19(26)28-20(2,3)4/h5-9,15-16H,10-12,22H2,1-4H3. The number of carbonyl (C=O) groups excluding carboxylic acids is 1. The van der Waals surface area contributed by atoms with Crippen LogP contribution in [0.2, 0.25) is 0 Å². The van der Waals surface area contributed by atoms with Crippen molar-refractivity contribution < 1.29 is 18.7 Å². The van der Waals surface area contributed by atoms with Crippen LogP contribution >= 0.6 is 0 Å². The molecule has 0 saturated carbocycles. The number of hydrogen-bond acceptors (Lipinski definition) is 5. The molecule has 2 N–H and O–H groups in total. The number of anilines is 1. The molecule has 152 valence electrons. The Balaban J connectivity index is 1.68. The van der Waals surface area contributed by atoms with Gasteiger partial charge in [0.25, 0.3) is 0 Å². The van der Waals surface area contributed by atoms with E-state index in [9.17, 15) is 9.18 Å². The molecule has 1 amide bonds. The number of para-hydroxylation sites is 1. The Morgan fingerprint density at radius 2 is 1.96 bits per heavy atom. The number of likely N-dealkylation sites (tertiary alicyclic amines) is 1. The molecule has 2 atom stereocenters. The van der Waals surface area contributed by atoms with E-state index in [1.165, 1.54) is 4.90 Å². The Bertz CT molecular complexity index is 832. The molecule has 1 aliphatic heterocycles. The molecule has 2 unspecified atom stereocenters. The zero-order chi connectivity index (χ0) is 20.5. The first-order chi connectivity index (χ1) is 13.2. The van der Waals surface area contributed by atoms with Crippen LogP contribution < -0.4 is 10.5 Å². The second-order valence-corrected chi connectivity index (χ2v) is 7.95. The number of aromatic nitrogens is 2. The van der Waals surface area contributed by atoms with Gasteiger partial charge in [-0.1, -0.05) is 18.2 Å². The minimum Gasteiger partial charge on any atom is -0.470 e. The van der Waals surface area contributed by atoms with E-state index >= 15 is 0 Å². The number of rotatable bonds is 3. The van der Waals surface area contributed by atoms with Crippen LogP contribution in [0.5, 0.6) is 5.88 Å². The normalized spacial score (nSPS) is 20.1. The van der Waals surface area contributed by atoms with E-state index in [0.29, 0.717) is 30.2 Å². The number of nitrogens with zero attached hydrogens (tertiary/aromatic N) is 3. The number of amides is 1. The molecule has 1 fully saturated rings. The molecule has 1 aliphatic rings. The molecular formula is C20H27FN4O3. The van der Waals surface area contributed by atoms with E-state index in [0.717, 1.165) is 5.69 Å². The van der Waals surface area contributed by atoms with Crippen molar-refractivity contribution in [1.29, 1.82) is 0 Å². The highest BCUT2D eigenvalue weighted by atomic mass is 19.1. The molecule has 2 aromatic rings. The zero-order valence-electron chi connectivity index (χ0n) is 16.7. The Morgan fingerprint density at radius 3 is 2.57 bits per heavy atom. The third kappa shape index (κ3) is 4.37. The van der Waals surface area contributed by atoms with Gasteiger partial charge in [0.15, 0.2) is 6.17 Å². The second-order valence-electron chi connectivity index (χ2n) is 7.95. The molecule has 7 nitrogen and oxygen atoms in total. The fraction of sp³-hybridized carbons (Fsp3) is 0.500. The first-order valence-electron chi connectivity index (χ1n) is 9.35. The number of halogens is 1. The molecule has 0 spiro atoms. The lowest BCUT2D eigenvalue weighted by Gasteiger charge is -2.35. The van der Waals surface area contributed by atoms with Gasteiger partial charge in [-0.15, -0.1) is 5.10 Å². The summed E-state index contributed by atoms with van der Waals surface area (Å²) in [5.74, 6) is 0.752. The fourth-order valence-corrected chi connectivity index (χ4v) is 3.02. The molecule has 0 aliphatic carbocycles. The third-order valence-electron chi connectivity index (χ3n) is 4.52. The van der Waals surface area contributed by atoms with Crippen LogP contribution in [0.25, 0.3) is 5.69 Å². The van der Waals surface area contributed by atoms with Crippen molar-refractivity contribution in [3.05, 3.63) is 35.9 Å². The number of carbonyl (C=O) groups is 1. The SMILES string of the molecule is Cc1c(OC2CCN(C(=O)OC(C)(C)C)CC2F)nn(-c2ccccc2)c1N. The Kier molecular flexibility index (Phi) is 5.49. The van der Waals surface area contributed by atoms with Gasteiger partial charge in [-0.25, -0.2) is 13.9 Å². The number of alkyl halides is 1. The van der Waals surface area contributed by atoms with Gasteiger partial charge in [-0.05, 0) is 39.8 Å². The van der Waals surface area contributed by atoms with Gasteiger partial charge in [0.1, 0.15) is 17.5 Å². The Hall–Kier alpha value is -2.77. The Morgan fingerprint density at radius 1 is 1.29 bits per heavy atom. The first kappa shape index (κ1) is 20.0. The summed E-state index contributed by atoms with van der Waals surface area (Å²) in [6.07, 6.45) is -2.21. The van der Waals surface area contributed by atoms with Crippen molar-refractivity contribution in [1.82, 2.24) is 14.7 Å². The Labute approximate surface area is 164 Å². The summed E-state index contributed by atoms with van der Waals surface area (Å²) in [7, 11) is 0. The second kappa shape index (κ2) is 7.69. The summed E-state index contributed by atoms with van der Waals surface area (Å²) in [5.41, 5.74) is 7.00. The van der Waals surface area contributed by atoms with Gasteiger partial charge in [-0.3, -0.25) is 0 Å². The highest BCUT2D eigenvalue weighted by Gasteiger charge is 2.35. The highest BCUT2D eigenvalue weighted by molar-refractivity contribution is 5.68. The van der Waals surface area contributed by atoms with E-state index in [1.54, 1.807) is 32.4 Å². The van der Waals surface area contributed by atoms with Crippen LogP contribution in [-0.2, 0) is 4.74 Å². The van der Waals surface area contributed by atoms with Crippen LogP contribution in [0.15, 0.2) is 30.3 Å². The zero-order valence-corrected chi connectivity index (χ0v) is 16.7. The van der Waals surface area contributed by atoms with Crippen LogP contribution in [0, 0.1) is 6.92 Å². The molecule has 1 aromatic heterocycles. The summed E-state index contributed by atoms with van der Waals surface area (Å²) in [6, 6.07) is 9.43. The van der Waals surface area contributed by atoms with Crippen LogP contribution in [0.1, 0.15) is 32.8 Å². The topological polar surface area (TPSA) is 82.6 Å². The van der Waals surface area contributed by atoms with Crippen LogP contribution in [-0.4, -0.2) is 51.7 Å². The van der Waals surface area contributed by atoms with Crippen LogP contribution in [0.3, 0.4) is 0 Å². The summed E-state index contributed by atoms with van der Waals surface area (Å²) >= 11 is 0. The van der Waals surface area contributed by atoms with Gasteiger partial charge in [-0.2, -0.15) is 0 Å². The van der Waals surface area contributed by atoms with Crippen molar-refractivity contribution in [2.24, 2.45) is 0 Å². The summed E-state index contributed by atoms with van der Waals surface area (Å²) in [4.78, 5) is 13.5. The van der Waals surface area contributed by atoms with Crippen molar-refractivity contribution in [2.75, 3.05) is 18.8 Å². The maximum absolute atomic E-state index is 14.7. The highest BCUT2D eigenvalue weighted by Crippen LogP contribution is 2.29. The van der Waals surface area contributed by atoms with E-state index in [-0.39, 0.29) is 6.54 Å². The average molecular weight is 390 g/mol. The number of hydrogen-bond donors (Lipinski definition) is 1. The molecule has 8 heteroatoms. The predicted molar refractivity (Wildman–Crippen MR) is 104 cm³/mol. The van der Waals surface area contributed by atoms with Crippen molar-refractivity contribution in [3.8, 4) is 11.6 Å². The number of ether oxygens (including phenoxy) is 2. The van der Waals surface area contributed by atoms with Gasteiger partial charge in [0.05, 0.1) is 17.8 Å². The summed E-state index contributed by atoms with van der Waals surface area (Å²) in [6.45, 7) is 7.42. The van der Waals surface area contributed by atoms with Crippen LogP contribution in [0.4, 0.5) is 15.0 Å². The van der Waals surface area contributed by atoms with Gasteiger partial charge >= 0.3 is 6.09 Å². The minimum absolute atomic E-state index is 0.0759. The molecule has 1 aromatic carbocycles. The number of piperidine rings is 1. The van der Waals surface area contributed by atoms with E-state index in [4.69, 9.17) is 15.2 Å². The van der Waals surface area contributed by atoms with E-state index in [1.807, 2.05) is 30.3 Å². The van der Waals surface area contributed by atoms with Gasteiger partial charge < -0.3 is 20.1 Å². The summed E-state index contributed by atoms with van der Waals surface area (Å²) < 4.78 is 27.4. The van der Waals surface area contributed by atoms with Crippen molar-refractivity contribution >= 4 is 11.9 Å². The molecule has 2 heterocycles. The quantitative estimate of drug-likeness (QED) is 0.867. The molecule has 1 saturated heterocycles. The molecule has 0 bridgehead atoms. The molecular weight excluding hydrogens is 363 g/mol. The average Bonchev–Trinajstić information content (AvgIpc) is 2.91. The molecule has 28 heavy (non-hydrogen) atoms. The number of nitrogens with two attached hydrogens (primary N) is 1. The number of nitrogen functional groups attached to an aromatic ring is 1. The van der Waals surface area contributed by atoms with E-state index < -0.39 is 24.0 Å². The minimum atomic E-state index is -1.34. The number of benzene rings is 1. The van der Waals surface area contributed by atoms with Crippen molar-refractivity contribution in [3.63, 3.8) is 0 Å². The first-order valence-corrected chi connectivity index (χ1v) is 9.35. The van der Waals surface area contributed by atoms with Gasteiger partial charge in [0.2, 0.25) is 5.88 Å². The lowest BCUT2D eigenvalue weighted by molar-refractivity contribution is -0.0116. The molecule has 0 radical (unpaired) electrons. The lowest BCUT2D eigenvalue weighted by atomic mass is 10.1. The summed E-state index contributed by atoms with van der Waals surface area (Å²) in [5, 5.41) is 4.41.